The first-order chi connectivity index (χ1) is 5.33. The molecule has 1 atom stereocenters. The van der Waals surface area contributed by atoms with Crippen molar-refractivity contribution in [2.45, 2.75) is 10.3 Å². The van der Waals surface area contributed by atoms with Gasteiger partial charge in [-0.15, -0.1) is 0 Å². The minimum absolute atomic E-state index is 0.352. The van der Waals surface area contributed by atoms with Gasteiger partial charge in [-0.2, -0.15) is 0 Å². The van der Waals surface area contributed by atoms with Gasteiger partial charge < -0.3 is 0 Å². The predicted octanol–water partition coefficient (Wildman–Crippen LogP) is 2.91. The van der Waals surface area contributed by atoms with Crippen LogP contribution in [0.5, 0.6) is 0 Å². The Hall–Kier alpha value is 0.0400. The number of benzene rings is 1. The SMILES string of the molecule is S=[C]C(I)Cc1ccccc1. The summed E-state index contributed by atoms with van der Waals surface area (Å²) in [6, 6.07) is 10.3. The highest BCUT2D eigenvalue weighted by Crippen LogP contribution is 2.08. The number of hydrogen-bond acceptors (Lipinski definition) is 1. The van der Waals surface area contributed by atoms with Crippen molar-refractivity contribution in [3.63, 3.8) is 0 Å². The molecule has 0 aliphatic heterocycles. The second-order valence-electron chi connectivity index (χ2n) is 2.28. The van der Waals surface area contributed by atoms with E-state index >= 15 is 0 Å². The van der Waals surface area contributed by atoms with Crippen LogP contribution in [0.2, 0.25) is 0 Å². The van der Waals surface area contributed by atoms with E-state index < -0.39 is 0 Å². The van der Waals surface area contributed by atoms with E-state index in [9.17, 15) is 0 Å². The lowest BCUT2D eigenvalue weighted by Crippen LogP contribution is -2.01. The molecule has 11 heavy (non-hydrogen) atoms. The molecule has 0 saturated carbocycles. The fourth-order valence-corrected chi connectivity index (χ4v) is 1.45. The molecule has 1 radical (unpaired) electrons. The predicted molar refractivity (Wildman–Crippen MR) is 60.6 cm³/mol. The third kappa shape index (κ3) is 3.29. The Balaban J connectivity index is 2.57. The first-order valence-electron chi connectivity index (χ1n) is 3.38. The lowest BCUT2D eigenvalue weighted by molar-refractivity contribution is 1.11. The minimum Gasteiger partial charge on any atom is -0.0825 e. The lowest BCUT2D eigenvalue weighted by atomic mass is 10.1. The Morgan fingerprint density at radius 1 is 1.36 bits per heavy atom. The molecule has 0 fully saturated rings. The smallest absolute Gasteiger partial charge is 0.0513 e. The molecule has 0 nitrogen and oxygen atoms in total. The molecule has 1 aromatic rings. The van der Waals surface area contributed by atoms with Crippen LogP contribution in [0.15, 0.2) is 30.3 Å². The van der Waals surface area contributed by atoms with Crippen LogP contribution >= 0.6 is 34.8 Å². The molecule has 0 N–H and O–H groups in total. The van der Waals surface area contributed by atoms with Crippen molar-refractivity contribution >= 4 is 40.2 Å². The van der Waals surface area contributed by atoms with Gasteiger partial charge in [0.25, 0.3) is 0 Å². The van der Waals surface area contributed by atoms with E-state index in [0.717, 1.165) is 6.42 Å². The van der Waals surface area contributed by atoms with Crippen LogP contribution < -0.4 is 0 Å². The van der Waals surface area contributed by atoms with Crippen molar-refractivity contribution in [3.8, 4) is 0 Å². The maximum absolute atomic E-state index is 4.72. The van der Waals surface area contributed by atoms with Crippen molar-refractivity contribution in [2.24, 2.45) is 0 Å². The first kappa shape index (κ1) is 9.13. The number of halogens is 1. The summed E-state index contributed by atoms with van der Waals surface area (Å²) < 4.78 is 0.352. The highest BCUT2D eigenvalue weighted by atomic mass is 127. The molecule has 0 spiro atoms. The summed E-state index contributed by atoms with van der Waals surface area (Å²) in [7, 11) is 0. The molecule has 0 aromatic heterocycles. The summed E-state index contributed by atoms with van der Waals surface area (Å²) in [6.07, 6.45) is 0.991. The molecular weight excluding hydrogens is 267 g/mol. The van der Waals surface area contributed by atoms with Crippen LogP contribution in [-0.2, 0) is 6.42 Å². The Kier molecular flexibility index (Phi) is 4.01. The third-order valence-corrected chi connectivity index (χ3v) is 2.84. The van der Waals surface area contributed by atoms with Gasteiger partial charge in [0.15, 0.2) is 0 Å². The fourth-order valence-electron chi connectivity index (χ4n) is 0.863. The monoisotopic (exact) mass is 275 g/mol. The van der Waals surface area contributed by atoms with Gasteiger partial charge in [0, 0.05) is 5.37 Å². The molecular formula is C9H8IS. The molecule has 1 unspecified atom stereocenters. The Labute approximate surface area is 86.1 Å². The maximum Gasteiger partial charge on any atom is 0.0513 e. The topological polar surface area (TPSA) is 0 Å². The highest BCUT2D eigenvalue weighted by molar-refractivity contribution is 14.1. The van der Waals surface area contributed by atoms with Gasteiger partial charge in [-0.05, 0) is 12.0 Å². The molecule has 0 heterocycles. The third-order valence-electron chi connectivity index (χ3n) is 1.39. The van der Waals surface area contributed by atoms with Gasteiger partial charge in [-0.1, -0.05) is 65.1 Å². The van der Waals surface area contributed by atoms with E-state index in [-0.39, 0.29) is 0 Å². The summed E-state index contributed by atoms with van der Waals surface area (Å²) >= 11 is 7.01. The van der Waals surface area contributed by atoms with Crippen LogP contribution in [0.25, 0.3) is 0 Å². The quantitative estimate of drug-likeness (QED) is 0.464. The molecule has 0 amide bonds. The van der Waals surface area contributed by atoms with Gasteiger partial charge in [-0.3, -0.25) is 0 Å². The van der Waals surface area contributed by atoms with Gasteiger partial charge >= 0.3 is 0 Å². The number of alkyl halides is 1. The van der Waals surface area contributed by atoms with Crippen molar-refractivity contribution < 1.29 is 0 Å². The summed E-state index contributed by atoms with van der Waals surface area (Å²) in [6.45, 7) is 0. The highest BCUT2D eigenvalue weighted by Gasteiger charge is 1.99. The number of rotatable bonds is 3. The van der Waals surface area contributed by atoms with E-state index in [2.05, 4.69) is 40.1 Å². The van der Waals surface area contributed by atoms with Gasteiger partial charge in [0.1, 0.15) is 0 Å². The summed E-state index contributed by atoms with van der Waals surface area (Å²) in [5.74, 6) is 0. The van der Waals surface area contributed by atoms with E-state index in [1.807, 2.05) is 18.2 Å². The molecule has 0 bridgehead atoms. The standard InChI is InChI=1S/C9H8IS/c10-9(7-11)6-8-4-2-1-3-5-8/h1-5,9H,6H2. The minimum atomic E-state index is 0.352. The lowest BCUT2D eigenvalue weighted by Gasteiger charge is -2.01. The zero-order valence-corrected chi connectivity index (χ0v) is 8.93. The molecule has 0 saturated heterocycles. The molecule has 57 valence electrons. The Morgan fingerprint density at radius 2 is 2.00 bits per heavy atom. The second-order valence-corrected chi connectivity index (χ2v) is 4.01. The van der Waals surface area contributed by atoms with Crippen LogP contribution in [0, 0.1) is 0 Å². The van der Waals surface area contributed by atoms with Crippen LogP contribution in [-0.4, -0.2) is 9.29 Å². The van der Waals surface area contributed by atoms with Crippen molar-refractivity contribution in [1.82, 2.24) is 0 Å². The molecule has 1 rings (SSSR count). The molecule has 0 aliphatic carbocycles. The van der Waals surface area contributed by atoms with E-state index in [0.29, 0.717) is 3.92 Å². The normalized spacial score (nSPS) is 12.5. The van der Waals surface area contributed by atoms with Gasteiger partial charge in [0.05, 0.1) is 3.92 Å². The maximum atomic E-state index is 4.72. The Morgan fingerprint density at radius 3 is 2.55 bits per heavy atom. The number of thiocarbonyl (C=S) groups is 1. The largest absolute Gasteiger partial charge is 0.0825 e. The number of hydrogen-bond donors (Lipinski definition) is 0. The summed E-state index contributed by atoms with van der Waals surface area (Å²) in [4.78, 5) is 0. The van der Waals surface area contributed by atoms with Crippen LogP contribution in [0.3, 0.4) is 0 Å². The van der Waals surface area contributed by atoms with Crippen LogP contribution in [0.1, 0.15) is 5.56 Å². The van der Waals surface area contributed by atoms with E-state index in [4.69, 9.17) is 12.2 Å². The fraction of sp³-hybridized carbons (Fsp3) is 0.222. The zero-order valence-electron chi connectivity index (χ0n) is 5.96. The van der Waals surface area contributed by atoms with Gasteiger partial charge in [-0.25, -0.2) is 0 Å². The summed E-state index contributed by atoms with van der Waals surface area (Å²) in [5, 5.41) is 2.78. The van der Waals surface area contributed by atoms with E-state index in [1.165, 1.54) is 5.56 Å². The van der Waals surface area contributed by atoms with Crippen LogP contribution in [0.4, 0.5) is 0 Å². The molecule has 1 aromatic carbocycles. The molecule has 2 heteroatoms. The average Bonchev–Trinajstić information content (AvgIpc) is 2.06. The second kappa shape index (κ2) is 4.83. The summed E-state index contributed by atoms with van der Waals surface area (Å²) in [5.41, 5.74) is 1.32. The van der Waals surface area contributed by atoms with Crippen molar-refractivity contribution in [2.75, 3.05) is 0 Å². The average molecular weight is 275 g/mol. The van der Waals surface area contributed by atoms with Crippen molar-refractivity contribution in [3.05, 3.63) is 35.9 Å². The van der Waals surface area contributed by atoms with Gasteiger partial charge in [0.2, 0.25) is 0 Å². The zero-order chi connectivity index (χ0) is 8.10. The Bertz CT molecular complexity index is 220. The first-order valence-corrected chi connectivity index (χ1v) is 5.04. The van der Waals surface area contributed by atoms with E-state index in [1.54, 1.807) is 0 Å². The van der Waals surface area contributed by atoms with Crippen molar-refractivity contribution in [1.29, 1.82) is 0 Å². The molecule has 0 aliphatic rings.